The Morgan fingerprint density at radius 2 is 1.93 bits per heavy atom. The number of nitrogens with one attached hydrogen (secondary N) is 1. The number of sulfone groups is 1. The molecule has 0 spiro atoms. The van der Waals surface area contributed by atoms with E-state index in [2.05, 4.69) is 10.3 Å². The lowest BCUT2D eigenvalue weighted by Crippen LogP contribution is -2.14. The lowest BCUT2D eigenvalue weighted by molar-refractivity contribution is 0.102. The van der Waals surface area contributed by atoms with Crippen molar-refractivity contribution < 1.29 is 17.9 Å². The number of halogens is 1. The van der Waals surface area contributed by atoms with Gasteiger partial charge in [0.05, 0.1) is 29.1 Å². The number of carbonyl (C=O) groups excluding carboxylic acids is 1. The SMILES string of the molecule is COc1cc(CS(C)(=O)=O)ccc1C(=O)Nc1ccc(Cl)c(-c2ccccn2)c1. The smallest absolute Gasteiger partial charge is 0.259 e. The van der Waals surface area contributed by atoms with E-state index in [1.54, 1.807) is 42.6 Å². The van der Waals surface area contributed by atoms with Gasteiger partial charge in [0.1, 0.15) is 5.75 Å². The van der Waals surface area contributed by atoms with Gasteiger partial charge in [0.15, 0.2) is 9.84 Å². The summed E-state index contributed by atoms with van der Waals surface area (Å²) >= 11 is 6.28. The Balaban J connectivity index is 1.87. The predicted octanol–water partition coefficient (Wildman–Crippen LogP) is 4.21. The Morgan fingerprint density at radius 1 is 1.14 bits per heavy atom. The molecule has 6 nitrogen and oxygen atoms in total. The summed E-state index contributed by atoms with van der Waals surface area (Å²) in [5, 5.41) is 3.33. The second kappa shape index (κ2) is 8.63. The third-order valence-electron chi connectivity index (χ3n) is 4.10. The summed E-state index contributed by atoms with van der Waals surface area (Å²) in [6, 6.07) is 15.3. The minimum Gasteiger partial charge on any atom is -0.496 e. The monoisotopic (exact) mass is 430 g/mol. The molecule has 1 N–H and O–H groups in total. The van der Waals surface area contributed by atoms with E-state index in [0.717, 1.165) is 6.26 Å². The molecule has 8 heteroatoms. The van der Waals surface area contributed by atoms with Gasteiger partial charge in [-0.1, -0.05) is 23.7 Å². The van der Waals surface area contributed by atoms with Crippen LogP contribution in [0, 0.1) is 0 Å². The molecule has 3 aromatic rings. The van der Waals surface area contributed by atoms with E-state index in [9.17, 15) is 13.2 Å². The van der Waals surface area contributed by atoms with Crippen molar-refractivity contribution >= 4 is 33.0 Å². The summed E-state index contributed by atoms with van der Waals surface area (Å²) in [6.07, 6.45) is 2.82. The highest BCUT2D eigenvalue weighted by atomic mass is 35.5. The molecule has 0 saturated carbocycles. The Morgan fingerprint density at radius 3 is 2.59 bits per heavy atom. The molecular formula is C21H19ClN2O4S. The van der Waals surface area contributed by atoms with Crippen molar-refractivity contribution in [2.24, 2.45) is 0 Å². The van der Waals surface area contributed by atoms with Gasteiger partial charge in [-0.2, -0.15) is 0 Å². The molecule has 0 saturated heterocycles. The molecule has 0 unspecified atom stereocenters. The van der Waals surface area contributed by atoms with Crippen LogP contribution >= 0.6 is 11.6 Å². The van der Waals surface area contributed by atoms with Crippen LogP contribution in [0.25, 0.3) is 11.3 Å². The van der Waals surface area contributed by atoms with Crippen molar-refractivity contribution in [3.8, 4) is 17.0 Å². The highest BCUT2D eigenvalue weighted by Gasteiger charge is 2.16. The number of aromatic nitrogens is 1. The number of hydrogen-bond acceptors (Lipinski definition) is 5. The molecule has 150 valence electrons. The average Bonchev–Trinajstić information content (AvgIpc) is 2.68. The Kier molecular flexibility index (Phi) is 6.20. The van der Waals surface area contributed by atoms with E-state index in [4.69, 9.17) is 16.3 Å². The quantitative estimate of drug-likeness (QED) is 0.633. The van der Waals surface area contributed by atoms with Gasteiger partial charge in [-0.25, -0.2) is 8.42 Å². The molecule has 1 heterocycles. The third kappa shape index (κ3) is 5.34. The summed E-state index contributed by atoms with van der Waals surface area (Å²) in [4.78, 5) is 17.1. The minimum atomic E-state index is -3.19. The first kappa shape index (κ1) is 20.8. The van der Waals surface area contributed by atoms with Crippen LogP contribution in [0.1, 0.15) is 15.9 Å². The van der Waals surface area contributed by atoms with Crippen LogP contribution in [0.15, 0.2) is 60.8 Å². The van der Waals surface area contributed by atoms with Crippen LogP contribution in [0.2, 0.25) is 5.02 Å². The molecule has 0 bridgehead atoms. The van der Waals surface area contributed by atoms with Gasteiger partial charge >= 0.3 is 0 Å². The van der Waals surface area contributed by atoms with Crippen LogP contribution in [0.4, 0.5) is 5.69 Å². The van der Waals surface area contributed by atoms with E-state index in [-0.39, 0.29) is 11.7 Å². The number of amides is 1. The molecule has 0 radical (unpaired) electrons. The summed E-state index contributed by atoms with van der Waals surface area (Å²) in [5.41, 5.74) is 2.77. The fraction of sp³-hybridized carbons (Fsp3) is 0.143. The predicted molar refractivity (Wildman–Crippen MR) is 114 cm³/mol. The third-order valence-corrected chi connectivity index (χ3v) is 5.29. The Bertz CT molecular complexity index is 1150. The number of carbonyl (C=O) groups is 1. The van der Waals surface area contributed by atoms with E-state index in [0.29, 0.717) is 38.8 Å². The molecule has 2 aromatic carbocycles. The normalized spacial score (nSPS) is 11.1. The first-order valence-electron chi connectivity index (χ1n) is 8.64. The number of methoxy groups -OCH3 is 1. The zero-order valence-corrected chi connectivity index (χ0v) is 17.4. The number of ether oxygens (including phenoxy) is 1. The Labute approximate surface area is 174 Å². The Hall–Kier alpha value is -2.90. The fourth-order valence-corrected chi connectivity index (χ4v) is 3.83. The van der Waals surface area contributed by atoms with Gasteiger partial charge < -0.3 is 10.1 Å². The summed E-state index contributed by atoms with van der Waals surface area (Å²) in [6.45, 7) is 0. The van der Waals surface area contributed by atoms with Crippen molar-refractivity contribution in [1.29, 1.82) is 0 Å². The maximum absolute atomic E-state index is 12.8. The van der Waals surface area contributed by atoms with Crippen molar-refractivity contribution in [3.63, 3.8) is 0 Å². The average molecular weight is 431 g/mol. The van der Waals surface area contributed by atoms with Gasteiger partial charge in [-0.3, -0.25) is 9.78 Å². The standard InChI is InChI=1S/C21H19ClN2O4S/c1-28-20-11-14(13-29(2,26)27)6-8-16(20)21(25)24-15-7-9-18(22)17(12-15)19-5-3-4-10-23-19/h3-12H,13H2,1-2H3,(H,24,25). The van der Waals surface area contributed by atoms with Crippen molar-refractivity contribution in [1.82, 2.24) is 4.98 Å². The molecule has 1 aromatic heterocycles. The zero-order valence-electron chi connectivity index (χ0n) is 15.8. The lowest BCUT2D eigenvalue weighted by atomic mass is 10.1. The molecule has 1 amide bonds. The lowest BCUT2D eigenvalue weighted by Gasteiger charge is -2.12. The first-order valence-corrected chi connectivity index (χ1v) is 11.1. The number of pyridine rings is 1. The van der Waals surface area contributed by atoms with Crippen molar-refractivity contribution in [2.75, 3.05) is 18.7 Å². The van der Waals surface area contributed by atoms with Gasteiger partial charge in [-0.15, -0.1) is 0 Å². The summed E-state index contributed by atoms with van der Waals surface area (Å²) in [7, 11) is -1.77. The topological polar surface area (TPSA) is 85.4 Å². The van der Waals surface area contributed by atoms with E-state index < -0.39 is 9.84 Å². The molecule has 0 aliphatic carbocycles. The van der Waals surface area contributed by atoms with Gasteiger partial charge in [0, 0.05) is 23.7 Å². The van der Waals surface area contributed by atoms with E-state index in [1.165, 1.54) is 7.11 Å². The van der Waals surface area contributed by atoms with Gasteiger partial charge in [0.2, 0.25) is 0 Å². The molecule has 3 rings (SSSR count). The van der Waals surface area contributed by atoms with Crippen LogP contribution in [-0.4, -0.2) is 32.7 Å². The maximum Gasteiger partial charge on any atom is 0.259 e. The molecular weight excluding hydrogens is 412 g/mol. The molecule has 0 aliphatic rings. The van der Waals surface area contributed by atoms with Crippen LogP contribution < -0.4 is 10.1 Å². The second-order valence-electron chi connectivity index (χ2n) is 6.47. The molecule has 0 fully saturated rings. The van der Waals surface area contributed by atoms with Crippen molar-refractivity contribution in [3.05, 3.63) is 76.9 Å². The molecule has 0 aliphatic heterocycles. The van der Waals surface area contributed by atoms with Gasteiger partial charge in [-0.05, 0) is 48.0 Å². The maximum atomic E-state index is 12.8. The van der Waals surface area contributed by atoms with E-state index >= 15 is 0 Å². The van der Waals surface area contributed by atoms with Crippen LogP contribution in [-0.2, 0) is 15.6 Å². The second-order valence-corrected chi connectivity index (χ2v) is 9.02. The number of benzene rings is 2. The van der Waals surface area contributed by atoms with E-state index in [1.807, 2.05) is 18.2 Å². The highest BCUT2D eigenvalue weighted by Crippen LogP contribution is 2.30. The van der Waals surface area contributed by atoms with Crippen LogP contribution in [0.3, 0.4) is 0 Å². The largest absolute Gasteiger partial charge is 0.496 e. The summed E-state index contributed by atoms with van der Waals surface area (Å²) in [5.74, 6) is -0.222. The zero-order chi connectivity index (χ0) is 21.0. The number of rotatable bonds is 6. The fourth-order valence-electron chi connectivity index (χ4n) is 2.84. The molecule has 29 heavy (non-hydrogen) atoms. The summed E-state index contributed by atoms with van der Waals surface area (Å²) < 4.78 is 28.3. The number of hydrogen-bond donors (Lipinski definition) is 1. The highest BCUT2D eigenvalue weighted by molar-refractivity contribution is 7.89. The number of anilines is 1. The van der Waals surface area contributed by atoms with Crippen molar-refractivity contribution in [2.45, 2.75) is 5.75 Å². The first-order chi connectivity index (χ1) is 13.8. The number of nitrogens with zero attached hydrogens (tertiary/aromatic N) is 1. The van der Waals surface area contributed by atoms with Gasteiger partial charge in [0.25, 0.3) is 5.91 Å². The minimum absolute atomic E-state index is 0.129. The molecule has 0 atom stereocenters. The van der Waals surface area contributed by atoms with Crippen LogP contribution in [0.5, 0.6) is 5.75 Å².